The van der Waals surface area contributed by atoms with Crippen LogP contribution in [0.3, 0.4) is 0 Å². The molecule has 4 nitrogen and oxygen atoms in total. The van der Waals surface area contributed by atoms with Crippen LogP contribution in [0.25, 0.3) is 61.4 Å². The number of hydrogen-bond acceptors (Lipinski definition) is 3. The van der Waals surface area contributed by atoms with Crippen molar-refractivity contribution in [3.05, 3.63) is 187 Å². The number of fused-ring (bicyclic) bond motifs is 1. The van der Waals surface area contributed by atoms with Gasteiger partial charge in [-0.15, -0.1) is 65.5 Å². The largest absolute Gasteiger partial charge is 0.331 e. The molecular weight excluding hydrogens is 837 g/mol. The number of nitrogens with zero attached hydrogens (tertiary/aromatic N) is 4. The number of hydrogen-bond donors (Lipinski definition) is 0. The first-order chi connectivity index (χ1) is 25.9. The standard InChI is InChI=1S/C38H32N3.C11H8N.Ir/c1-25(2)35-22-34(30-14-12-29(13-15-30)28-8-6-5-7-9-28)23-36(26(3)4)37(35)41-19-18-40-38(41)33-17-16-31-20-27(24-39)10-11-32(31)21-33;1-2-6-10(7-3-1)11-8-4-5-9-12-11;/h5-20,22-23,25-26H,1-4H3;1-6,8-9H;/q2*-1;. The van der Waals surface area contributed by atoms with Crippen molar-refractivity contribution < 1.29 is 20.1 Å². The minimum atomic E-state index is 0. The van der Waals surface area contributed by atoms with Crippen LogP contribution in [0, 0.1) is 23.5 Å². The summed E-state index contributed by atoms with van der Waals surface area (Å²) in [5.74, 6) is 1.48. The van der Waals surface area contributed by atoms with Gasteiger partial charge >= 0.3 is 0 Å². The van der Waals surface area contributed by atoms with E-state index in [4.69, 9.17) is 4.98 Å². The van der Waals surface area contributed by atoms with Gasteiger partial charge in [0.15, 0.2) is 0 Å². The molecule has 0 unspecified atom stereocenters. The zero-order valence-electron chi connectivity index (χ0n) is 30.8. The second kappa shape index (κ2) is 17.3. The van der Waals surface area contributed by atoms with Crippen molar-refractivity contribution in [2.75, 3.05) is 0 Å². The third-order valence-corrected chi connectivity index (χ3v) is 9.39. The summed E-state index contributed by atoms with van der Waals surface area (Å²) in [7, 11) is 0. The summed E-state index contributed by atoms with van der Waals surface area (Å²) in [4.78, 5) is 9.02. The van der Waals surface area contributed by atoms with Gasteiger partial charge in [0.25, 0.3) is 0 Å². The molecule has 0 fully saturated rings. The molecule has 0 spiro atoms. The van der Waals surface area contributed by atoms with Crippen molar-refractivity contribution in [1.82, 2.24) is 14.5 Å². The number of nitriles is 1. The van der Waals surface area contributed by atoms with Crippen LogP contribution in [-0.2, 0) is 20.1 Å². The first kappa shape index (κ1) is 37.8. The van der Waals surface area contributed by atoms with Gasteiger partial charge in [-0.3, -0.25) is 4.98 Å². The minimum Gasteiger partial charge on any atom is -0.331 e. The van der Waals surface area contributed by atoms with Crippen LogP contribution in [0.15, 0.2) is 158 Å². The molecule has 0 aliphatic heterocycles. The maximum atomic E-state index is 9.28. The topological polar surface area (TPSA) is 54.5 Å². The number of aromatic nitrogens is 3. The zero-order valence-corrected chi connectivity index (χ0v) is 33.2. The van der Waals surface area contributed by atoms with Gasteiger partial charge in [-0.25, -0.2) is 0 Å². The van der Waals surface area contributed by atoms with Crippen molar-refractivity contribution >= 4 is 10.8 Å². The van der Waals surface area contributed by atoms with E-state index in [0.717, 1.165) is 33.4 Å². The average Bonchev–Trinajstić information content (AvgIpc) is 3.71. The van der Waals surface area contributed by atoms with Crippen molar-refractivity contribution in [2.45, 2.75) is 39.5 Å². The predicted molar refractivity (Wildman–Crippen MR) is 218 cm³/mol. The van der Waals surface area contributed by atoms with E-state index in [0.29, 0.717) is 17.4 Å². The molecule has 0 saturated carbocycles. The average molecular weight is 877 g/mol. The van der Waals surface area contributed by atoms with Crippen LogP contribution in [-0.4, -0.2) is 14.5 Å². The minimum absolute atomic E-state index is 0. The van der Waals surface area contributed by atoms with Crippen LogP contribution >= 0.6 is 0 Å². The molecule has 0 N–H and O–H groups in total. The van der Waals surface area contributed by atoms with Gasteiger partial charge in [0.1, 0.15) is 0 Å². The summed E-state index contributed by atoms with van der Waals surface area (Å²) in [6.07, 6.45) is 5.72. The van der Waals surface area contributed by atoms with Crippen LogP contribution in [0.5, 0.6) is 0 Å². The maximum absolute atomic E-state index is 9.28. The fourth-order valence-corrected chi connectivity index (χ4v) is 6.62. The van der Waals surface area contributed by atoms with E-state index >= 15 is 0 Å². The van der Waals surface area contributed by atoms with E-state index in [1.165, 1.54) is 39.1 Å². The van der Waals surface area contributed by atoms with E-state index in [1.54, 1.807) is 6.20 Å². The second-order valence-electron chi connectivity index (χ2n) is 13.7. The van der Waals surface area contributed by atoms with Gasteiger partial charge in [0, 0.05) is 49.9 Å². The summed E-state index contributed by atoms with van der Waals surface area (Å²) in [5.41, 5.74) is 12.3. The first-order valence-electron chi connectivity index (χ1n) is 18.0. The second-order valence-corrected chi connectivity index (χ2v) is 13.7. The maximum Gasteiger partial charge on any atom is 0.0978 e. The van der Waals surface area contributed by atoms with Gasteiger partial charge in [-0.2, -0.15) is 5.26 Å². The molecule has 0 amide bonds. The van der Waals surface area contributed by atoms with Crippen LogP contribution in [0.4, 0.5) is 0 Å². The van der Waals surface area contributed by atoms with Gasteiger partial charge in [0.2, 0.25) is 0 Å². The van der Waals surface area contributed by atoms with Crippen LogP contribution < -0.4 is 0 Å². The number of benzene rings is 6. The van der Waals surface area contributed by atoms with Gasteiger partial charge in [-0.05, 0) is 69.1 Å². The molecule has 0 aliphatic carbocycles. The number of pyridine rings is 1. The fraction of sp³-hybridized carbons (Fsp3) is 0.122. The molecule has 8 rings (SSSR count). The third-order valence-electron chi connectivity index (χ3n) is 9.39. The molecule has 0 saturated heterocycles. The molecule has 8 aromatic rings. The van der Waals surface area contributed by atoms with Crippen LogP contribution in [0.1, 0.15) is 56.2 Å². The molecule has 0 atom stereocenters. The molecule has 6 aromatic carbocycles. The van der Waals surface area contributed by atoms with Gasteiger partial charge in [-0.1, -0.05) is 118 Å². The fourth-order valence-electron chi connectivity index (χ4n) is 6.62. The molecule has 0 bridgehead atoms. The molecule has 267 valence electrons. The molecule has 1 radical (unpaired) electrons. The quantitative estimate of drug-likeness (QED) is 0.150. The van der Waals surface area contributed by atoms with Crippen molar-refractivity contribution in [2.24, 2.45) is 0 Å². The van der Waals surface area contributed by atoms with Gasteiger partial charge < -0.3 is 9.55 Å². The molecular formula is C49H40IrN4-2. The first-order valence-corrected chi connectivity index (χ1v) is 18.0. The summed E-state index contributed by atoms with van der Waals surface area (Å²) < 4.78 is 2.23. The van der Waals surface area contributed by atoms with Crippen LogP contribution in [0.2, 0.25) is 0 Å². The predicted octanol–water partition coefficient (Wildman–Crippen LogP) is 12.5. The van der Waals surface area contributed by atoms with Crippen molar-refractivity contribution in [1.29, 1.82) is 5.26 Å². The zero-order chi connectivity index (χ0) is 36.7. The van der Waals surface area contributed by atoms with E-state index in [2.05, 4.69) is 141 Å². The van der Waals surface area contributed by atoms with E-state index < -0.39 is 0 Å². The Hall–Kier alpha value is -5.92. The Kier molecular flexibility index (Phi) is 12.1. The van der Waals surface area contributed by atoms with Gasteiger partial charge in [0.05, 0.1) is 11.9 Å². The summed E-state index contributed by atoms with van der Waals surface area (Å²) in [6, 6.07) is 56.5. The Balaban J connectivity index is 0.000000324. The Morgan fingerprint density at radius 2 is 1.28 bits per heavy atom. The smallest absolute Gasteiger partial charge is 0.0978 e. The molecule has 2 aromatic heterocycles. The Morgan fingerprint density at radius 1 is 0.611 bits per heavy atom. The van der Waals surface area contributed by atoms with Crippen molar-refractivity contribution in [3.8, 4) is 56.7 Å². The normalized spacial score (nSPS) is 10.8. The monoisotopic (exact) mass is 877 g/mol. The SMILES string of the molecule is CC(C)c1cc(-c2ccc(-c3ccccc3)cc2)cc(C(C)C)c1-n1ccnc1-c1[c-]c2ccc(C#N)cc2cc1.[Ir].[c-]1ccccc1-c1ccccn1. The summed E-state index contributed by atoms with van der Waals surface area (Å²) >= 11 is 0. The summed E-state index contributed by atoms with van der Waals surface area (Å²) in [5, 5.41) is 11.3. The molecule has 5 heteroatoms. The third kappa shape index (κ3) is 8.32. The van der Waals surface area contributed by atoms with Crippen molar-refractivity contribution in [3.63, 3.8) is 0 Å². The summed E-state index contributed by atoms with van der Waals surface area (Å²) in [6.45, 7) is 9.04. The molecule has 2 heterocycles. The molecule has 54 heavy (non-hydrogen) atoms. The Morgan fingerprint density at radius 3 is 1.91 bits per heavy atom. The Bertz CT molecular complexity index is 2430. The van der Waals surface area contributed by atoms with E-state index in [-0.39, 0.29) is 20.1 Å². The van der Waals surface area contributed by atoms with E-state index in [1.807, 2.05) is 66.9 Å². The Labute approximate surface area is 332 Å². The van der Waals surface area contributed by atoms with E-state index in [9.17, 15) is 5.26 Å². The number of rotatable bonds is 7. The number of imidazole rings is 1. The molecule has 0 aliphatic rings.